The zero-order chi connectivity index (χ0) is 20.9. The first-order valence-electron chi connectivity index (χ1n) is 9.79. The quantitative estimate of drug-likeness (QED) is 0.650. The Morgan fingerprint density at radius 3 is 2.67 bits per heavy atom. The number of hydrogen-bond donors (Lipinski definition) is 1. The lowest BCUT2D eigenvalue weighted by atomic mass is 10.1. The lowest BCUT2D eigenvalue weighted by molar-refractivity contribution is -0.117. The maximum Gasteiger partial charge on any atom is 0.273 e. The molecule has 154 valence electrons. The third-order valence-electron chi connectivity index (χ3n) is 5.10. The van der Waals surface area contributed by atoms with Gasteiger partial charge in [0.25, 0.3) is 5.91 Å². The second-order valence-corrected chi connectivity index (χ2v) is 7.27. The molecule has 1 N–H and O–H groups in total. The van der Waals surface area contributed by atoms with Crippen LogP contribution in [0.1, 0.15) is 22.5 Å². The van der Waals surface area contributed by atoms with E-state index in [4.69, 9.17) is 4.74 Å². The van der Waals surface area contributed by atoms with Gasteiger partial charge in [-0.05, 0) is 29.8 Å². The van der Waals surface area contributed by atoms with Crippen LogP contribution >= 0.6 is 0 Å². The van der Waals surface area contributed by atoms with Crippen LogP contribution in [0.4, 0.5) is 5.69 Å². The van der Waals surface area contributed by atoms with Crippen LogP contribution in [0.25, 0.3) is 0 Å². The number of ether oxygens (including phenoxy) is 1. The van der Waals surface area contributed by atoms with Crippen molar-refractivity contribution in [3.8, 4) is 5.75 Å². The number of methoxy groups -OCH3 is 1. The number of hydrogen-bond acceptors (Lipinski definition) is 5. The van der Waals surface area contributed by atoms with Gasteiger partial charge in [-0.25, -0.2) is 4.68 Å². The van der Waals surface area contributed by atoms with Crippen molar-refractivity contribution in [3.63, 3.8) is 0 Å². The van der Waals surface area contributed by atoms with Crippen LogP contribution in [-0.4, -0.2) is 47.0 Å². The molecule has 0 saturated carbocycles. The lowest BCUT2D eigenvalue weighted by Gasteiger charge is -2.16. The van der Waals surface area contributed by atoms with Gasteiger partial charge in [0.05, 0.1) is 19.9 Å². The first-order chi connectivity index (χ1) is 14.6. The minimum Gasteiger partial charge on any atom is -0.497 e. The van der Waals surface area contributed by atoms with Gasteiger partial charge in [-0.2, -0.15) is 0 Å². The van der Waals surface area contributed by atoms with Gasteiger partial charge in [0, 0.05) is 31.1 Å². The number of amides is 2. The summed E-state index contributed by atoms with van der Waals surface area (Å²) in [6.45, 7) is 1.51. The number of rotatable bonds is 7. The highest BCUT2D eigenvalue weighted by Gasteiger charge is 2.30. The molecule has 0 bridgehead atoms. The number of nitrogens with zero attached hydrogens (tertiary/aromatic N) is 4. The summed E-state index contributed by atoms with van der Waals surface area (Å²) in [6, 6.07) is 17.2. The van der Waals surface area contributed by atoms with Crippen molar-refractivity contribution in [3.05, 3.63) is 72.1 Å². The van der Waals surface area contributed by atoms with E-state index in [1.165, 1.54) is 0 Å². The fraction of sp³-hybridized carbons (Fsp3) is 0.273. The van der Waals surface area contributed by atoms with E-state index in [9.17, 15) is 9.59 Å². The normalized spacial score (nSPS) is 16.0. The maximum absolute atomic E-state index is 12.4. The minimum absolute atomic E-state index is 0.0657. The molecule has 30 heavy (non-hydrogen) atoms. The number of carbonyl (C=O) groups excluding carboxylic acids is 2. The zero-order valence-electron chi connectivity index (χ0n) is 16.7. The molecule has 0 radical (unpaired) electrons. The summed E-state index contributed by atoms with van der Waals surface area (Å²) in [5, 5.41) is 10.9. The Morgan fingerprint density at radius 1 is 1.17 bits per heavy atom. The molecule has 1 fully saturated rings. The number of aromatic nitrogens is 3. The Morgan fingerprint density at radius 2 is 1.93 bits per heavy atom. The summed E-state index contributed by atoms with van der Waals surface area (Å²) in [6.07, 6.45) is 2.04. The van der Waals surface area contributed by atoms with Gasteiger partial charge in [0.1, 0.15) is 5.75 Å². The smallest absolute Gasteiger partial charge is 0.273 e. The van der Waals surface area contributed by atoms with Gasteiger partial charge >= 0.3 is 0 Å². The molecule has 0 aliphatic carbocycles. The highest BCUT2D eigenvalue weighted by atomic mass is 16.5. The van der Waals surface area contributed by atoms with E-state index >= 15 is 0 Å². The summed E-state index contributed by atoms with van der Waals surface area (Å²) in [4.78, 5) is 26.5. The molecule has 4 rings (SSSR count). The second-order valence-electron chi connectivity index (χ2n) is 7.27. The Hall–Kier alpha value is -3.68. The average molecular weight is 405 g/mol. The van der Waals surface area contributed by atoms with Crippen molar-refractivity contribution >= 4 is 17.5 Å². The molecule has 2 aromatic carbocycles. The zero-order valence-corrected chi connectivity index (χ0v) is 16.7. The van der Waals surface area contributed by atoms with E-state index in [0.717, 1.165) is 17.0 Å². The standard InChI is InChI=1S/C22H23N5O3/c1-30-19-9-7-16(8-10-19)13-26-15-20(24-25-26)22(29)23-12-17-11-21(28)27(14-17)18-5-3-2-4-6-18/h2-10,15,17H,11-14H2,1H3,(H,23,29). The summed E-state index contributed by atoms with van der Waals surface area (Å²) in [5.41, 5.74) is 2.17. The van der Waals surface area contributed by atoms with Crippen molar-refractivity contribution in [2.75, 3.05) is 25.1 Å². The number of nitrogens with one attached hydrogen (secondary N) is 1. The number of anilines is 1. The first kappa shape index (κ1) is 19.6. The molecule has 1 aromatic heterocycles. The predicted molar refractivity (Wildman–Crippen MR) is 111 cm³/mol. The van der Waals surface area contributed by atoms with Crippen LogP contribution in [0, 0.1) is 5.92 Å². The molecule has 1 atom stereocenters. The second kappa shape index (κ2) is 8.77. The van der Waals surface area contributed by atoms with Gasteiger partial charge in [-0.3, -0.25) is 9.59 Å². The number of carbonyl (C=O) groups is 2. The number of benzene rings is 2. The highest BCUT2D eigenvalue weighted by Crippen LogP contribution is 2.24. The average Bonchev–Trinajstić information content (AvgIpc) is 3.40. The van der Waals surface area contributed by atoms with Crippen LogP contribution in [0.15, 0.2) is 60.8 Å². The Bertz CT molecular complexity index is 1020. The van der Waals surface area contributed by atoms with E-state index in [1.807, 2.05) is 54.6 Å². The van der Waals surface area contributed by atoms with E-state index in [0.29, 0.717) is 26.1 Å². The van der Waals surface area contributed by atoms with Crippen LogP contribution in [0.3, 0.4) is 0 Å². The van der Waals surface area contributed by atoms with Crippen molar-refractivity contribution in [1.82, 2.24) is 20.3 Å². The maximum atomic E-state index is 12.4. The molecule has 0 spiro atoms. The Labute approximate surface area is 174 Å². The summed E-state index contributed by atoms with van der Waals surface area (Å²) in [5.74, 6) is 0.636. The molecular weight excluding hydrogens is 382 g/mol. The summed E-state index contributed by atoms with van der Waals surface area (Å²) in [7, 11) is 1.62. The fourth-order valence-corrected chi connectivity index (χ4v) is 3.50. The lowest BCUT2D eigenvalue weighted by Crippen LogP contribution is -2.31. The van der Waals surface area contributed by atoms with Crippen molar-refractivity contribution in [2.24, 2.45) is 5.92 Å². The summed E-state index contributed by atoms with van der Waals surface area (Å²) >= 11 is 0. The van der Waals surface area contributed by atoms with Crippen LogP contribution in [0.5, 0.6) is 5.75 Å². The van der Waals surface area contributed by atoms with Crippen LogP contribution in [-0.2, 0) is 11.3 Å². The molecule has 2 amide bonds. The van der Waals surface area contributed by atoms with Crippen molar-refractivity contribution in [2.45, 2.75) is 13.0 Å². The van der Waals surface area contributed by atoms with E-state index in [2.05, 4.69) is 15.6 Å². The highest BCUT2D eigenvalue weighted by molar-refractivity contribution is 5.96. The molecule has 1 saturated heterocycles. The van der Waals surface area contributed by atoms with Gasteiger partial charge in [0.2, 0.25) is 5.91 Å². The summed E-state index contributed by atoms with van der Waals surface area (Å²) < 4.78 is 6.77. The van der Waals surface area contributed by atoms with Crippen LogP contribution in [0.2, 0.25) is 0 Å². The van der Waals surface area contributed by atoms with Crippen molar-refractivity contribution in [1.29, 1.82) is 0 Å². The Balaban J connectivity index is 1.30. The largest absolute Gasteiger partial charge is 0.497 e. The molecule has 8 heteroatoms. The SMILES string of the molecule is COc1ccc(Cn2cc(C(=O)NCC3CC(=O)N(c4ccccc4)C3)nn2)cc1. The topological polar surface area (TPSA) is 89.4 Å². The van der Waals surface area contributed by atoms with Gasteiger partial charge in [0.15, 0.2) is 5.69 Å². The van der Waals surface area contributed by atoms with Gasteiger partial charge < -0.3 is 15.0 Å². The van der Waals surface area contributed by atoms with Crippen LogP contribution < -0.4 is 15.0 Å². The van der Waals surface area contributed by atoms with E-state index in [-0.39, 0.29) is 23.4 Å². The minimum atomic E-state index is -0.290. The monoisotopic (exact) mass is 405 g/mol. The third kappa shape index (κ3) is 4.48. The predicted octanol–water partition coefficient (Wildman–Crippen LogP) is 2.12. The molecule has 1 aliphatic rings. The molecule has 1 aliphatic heterocycles. The van der Waals surface area contributed by atoms with Gasteiger partial charge in [-0.1, -0.05) is 35.5 Å². The molecular formula is C22H23N5O3. The number of para-hydroxylation sites is 1. The third-order valence-corrected chi connectivity index (χ3v) is 5.10. The molecule has 2 heterocycles. The van der Waals surface area contributed by atoms with E-state index < -0.39 is 0 Å². The molecule has 8 nitrogen and oxygen atoms in total. The van der Waals surface area contributed by atoms with E-state index in [1.54, 1.807) is 22.9 Å². The molecule has 1 unspecified atom stereocenters. The van der Waals surface area contributed by atoms with Crippen molar-refractivity contribution < 1.29 is 14.3 Å². The first-order valence-corrected chi connectivity index (χ1v) is 9.79. The van der Waals surface area contributed by atoms with Gasteiger partial charge in [-0.15, -0.1) is 5.10 Å². The fourth-order valence-electron chi connectivity index (χ4n) is 3.50. The molecule has 3 aromatic rings. The Kier molecular flexibility index (Phi) is 5.74.